The Morgan fingerprint density at radius 1 is 1.03 bits per heavy atom. The Morgan fingerprint density at radius 2 is 1.78 bits per heavy atom. The molecule has 1 aromatic carbocycles. The lowest BCUT2D eigenvalue weighted by molar-refractivity contribution is 0.0429. The minimum Gasteiger partial charge on any atom is -0.376 e. The maximum absolute atomic E-state index is 13.3. The third kappa shape index (κ3) is 4.81. The number of ether oxygens (including phenoxy) is 1. The molecule has 5 rings (SSSR count). The Balaban J connectivity index is 1.20. The summed E-state index contributed by atoms with van der Waals surface area (Å²) in [7, 11) is 0. The summed E-state index contributed by atoms with van der Waals surface area (Å²) in [4.78, 5) is 31.9. The van der Waals surface area contributed by atoms with Crippen molar-refractivity contribution in [2.75, 3.05) is 32.8 Å². The van der Waals surface area contributed by atoms with Gasteiger partial charge in [0.2, 0.25) is 5.56 Å². The number of hydrogen-bond acceptors (Lipinski definition) is 4. The lowest BCUT2D eigenvalue weighted by Crippen LogP contribution is -2.46. The van der Waals surface area contributed by atoms with Gasteiger partial charge in [-0.05, 0) is 74.7 Å². The number of hydrogen-bond donors (Lipinski definition) is 1. The average Bonchev–Trinajstić information content (AvgIpc) is 3.49. The summed E-state index contributed by atoms with van der Waals surface area (Å²) in [6.45, 7) is 4.38. The van der Waals surface area contributed by atoms with E-state index in [1.54, 1.807) is 6.07 Å². The van der Waals surface area contributed by atoms with Gasteiger partial charge in [0.05, 0.1) is 11.7 Å². The van der Waals surface area contributed by atoms with Crippen molar-refractivity contribution >= 4 is 5.91 Å². The highest BCUT2D eigenvalue weighted by Crippen LogP contribution is 2.29. The Morgan fingerprint density at radius 3 is 2.41 bits per heavy atom. The Kier molecular flexibility index (Phi) is 6.42. The maximum atomic E-state index is 13.3. The highest BCUT2D eigenvalue weighted by molar-refractivity contribution is 5.93. The molecule has 0 spiro atoms. The van der Waals surface area contributed by atoms with E-state index in [2.05, 4.69) is 34.1 Å². The van der Waals surface area contributed by atoms with Gasteiger partial charge in [0.25, 0.3) is 5.91 Å². The van der Waals surface area contributed by atoms with Gasteiger partial charge in [-0.3, -0.25) is 14.5 Å². The number of likely N-dealkylation sites (tertiary alicyclic amines) is 1. The lowest BCUT2D eigenvalue weighted by Gasteiger charge is -2.38. The van der Waals surface area contributed by atoms with Gasteiger partial charge in [-0.25, -0.2) is 0 Å². The normalized spacial score (nSPS) is 22.2. The number of benzene rings is 1. The number of aromatic nitrogens is 1. The van der Waals surface area contributed by atoms with E-state index in [9.17, 15) is 9.59 Å². The minimum atomic E-state index is -0.186. The number of fused-ring (bicyclic) bond motifs is 1. The molecule has 1 amide bonds. The van der Waals surface area contributed by atoms with Gasteiger partial charge >= 0.3 is 0 Å². The fourth-order valence-corrected chi connectivity index (χ4v) is 5.61. The molecule has 2 fully saturated rings. The predicted octanol–water partition coefficient (Wildman–Crippen LogP) is 2.88. The quantitative estimate of drug-likeness (QED) is 0.758. The fraction of sp³-hybridized carbons (Fsp3) is 0.538. The molecule has 170 valence electrons. The zero-order valence-corrected chi connectivity index (χ0v) is 18.7. The summed E-state index contributed by atoms with van der Waals surface area (Å²) in [5.41, 5.74) is 3.38. The molecule has 6 nitrogen and oxygen atoms in total. The molecule has 0 bridgehead atoms. The van der Waals surface area contributed by atoms with Crippen LogP contribution in [0.4, 0.5) is 0 Å². The average molecular weight is 436 g/mol. The van der Waals surface area contributed by atoms with E-state index in [-0.39, 0.29) is 17.6 Å². The second kappa shape index (κ2) is 9.59. The monoisotopic (exact) mass is 435 g/mol. The molecule has 2 saturated heterocycles. The number of carbonyl (C=O) groups is 1. The third-order valence-corrected chi connectivity index (χ3v) is 7.44. The number of rotatable bonds is 6. The Bertz CT molecular complexity index is 944. The Hall–Kier alpha value is -2.44. The van der Waals surface area contributed by atoms with Crippen molar-refractivity contribution in [2.45, 2.75) is 50.7 Å². The molecule has 3 heterocycles. The van der Waals surface area contributed by atoms with Gasteiger partial charge in [0, 0.05) is 38.0 Å². The second-order valence-electron chi connectivity index (χ2n) is 9.60. The number of nitrogens with one attached hydrogen (secondary N) is 1. The molecular weight excluding hydrogens is 402 g/mol. The van der Waals surface area contributed by atoms with Crippen LogP contribution < -0.4 is 5.56 Å². The van der Waals surface area contributed by atoms with Gasteiger partial charge in [-0.15, -0.1) is 0 Å². The molecule has 0 radical (unpaired) electrons. The molecule has 1 atom stereocenters. The molecule has 2 aliphatic heterocycles. The number of piperidine rings is 1. The van der Waals surface area contributed by atoms with Crippen molar-refractivity contribution in [3.63, 3.8) is 0 Å². The van der Waals surface area contributed by atoms with Gasteiger partial charge in [0.1, 0.15) is 0 Å². The van der Waals surface area contributed by atoms with Crippen LogP contribution in [0.3, 0.4) is 0 Å². The number of amides is 1. The van der Waals surface area contributed by atoms with Crippen LogP contribution in [-0.2, 0) is 17.6 Å². The summed E-state index contributed by atoms with van der Waals surface area (Å²) < 4.78 is 5.83. The molecule has 32 heavy (non-hydrogen) atoms. The molecule has 1 aliphatic carbocycles. The van der Waals surface area contributed by atoms with Gasteiger partial charge in [-0.2, -0.15) is 0 Å². The van der Waals surface area contributed by atoms with Crippen LogP contribution in [0.25, 0.3) is 0 Å². The third-order valence-electron chi connectivity index (χ3n) is 7.44. The van der Waals surface area contributed by atoms with Crippen LogP contribution >= 0.6 is 0 Å². The van der Waals surface area contributed by atoms with Crippen molar-refractivity contribution in [2.24, 2.45) is 5.92 Å². The van der Waals surface area contributed by atoms with Crippen molar-refractivity contribution in [3.05, 3.63) is 69.6 Å². The first-order chi connectivity index (χ1) is 15.7. The number of aromatic amines is 1. The van der Waals surface area contributed by atoms with E-state index in [0.29, 0.717) is 24.1 Å². The maximum Gasteiger partial charge on any atom is 0.255 e. The molecule has 6 heteroatoms. The topological polar surface area (TPSA) is 65.6 Å². The first-order valence-corrected chi connectivity index (χ1v) is 12.1. The standard InChI is InChI=1S/C26H33N3O3/c30-25-8-7-22(16-27-25)26(31)29(18-24-6-3-13-32-24)17-19-9-11-28(12-10-19)23-14-20-4-1-2-5-21(20)15-23/h1-2,4-5,7-8,16,19,23-24H,3,6,9-15,17-18H2,(H,27,30). The summed E-state index contributed by atoms with van der Waals surface area (Å²) in [5.74, 6) is 0.494. The number of H-pyrrole nitrogens is 1. The molecule has 1 aromatic heterocycles. The van der Waals surface area contributed by atoms with Crippen molar-refractivity contribution in [3.8, 4) is 0 Å². The van der Waals surface area contributed by atoms with Crippen LogP contribution in [0.15, 0.2) is 47.4 Å². The van der Waals surface area contributed by atoms with E-state index in [4.69, 9.17) is 4.74 Å². The molecule has 2 aromatic rings. The zero-order valence-electron chi connectivity index (χ0n) is 18.7. The number of carbonyl (C=O) groups excluding carboxylic acids is 1. The van der Waals surface area contributed by atoms with E-state index < -0.39 is 0 Å². The van der Waals surface area contributed by atoms with Crippen molar-refractivity contribution in [1.82, 2.24) is 14.8 Å². The van der Waals surface area contributed by atoms with E-state index >= 15 is 0 Å². The van der Waals surface area contributed by atoms with Crippen LogP contribution in [0.2, 0.25) is 0 Å². The lowest BCUT2D eigenvalue weighted by atomic mass is 9.94. The van der Waals surface area contributed by atoms with Gasteiger partial charge in [-0.1, -0.05) is 24.3 Å². The molecule has 0 saturated carbocycles. The van der Waals surface area contributed by atoms with Crippen LogP contribution in [0.1, 0.15) is 47.2 Å². The highest BCUT2D eigenvalue weighted by Gasteiger charge is 2.32. The summed E-state index contributed by atoms with van der Waals surface area (Å²) in [6, 6.07) is 12.5. The highest BCUT2D eigenvalue weighted by atomic mass is 16.5. The molecule has 1 N–H and O–H groups in total. The summed E-state index contributed by atoms with van der Waals surface area (Å²) >= 11 is 0. The molecule has 3 aliphatic rings. The van der Waals surface area contributed by atoms with E-state index in [0.717, 1.165) is 64.8 Å². The van der Waals surface area contributed by atoms with Crippen LogP contribution in [-0.4, -0.2) is 65.6 Å². The molecule has 1 unspecified atom stereocenters. The SMILES string of the molecule is O=C(c1ccc(=O)[nH]c1)N(CC1CCN(C2Cc3ccccc3C2)CC1)CC1CCCO1. The first kappa shape index (κ1) is 21.4. The van der Waals surface area contributed by atoms with Crippen molar-refractivity contribution in [1.29, 1.82) is 0 Å². The van der Waals surface area contributed by atoms with Crippen molar-refractivity contribution < 1.29 is 9.53 Å². The fourth-order valence-electron chi connectivity index (χ4n) is 5.61. The van der Waals surface area contributed by atoms with Crippen LogP contribution in [0.5, 0.6) is 0 Å². The minimum absolute atomic E-state index is 0.00887. The number of nitrogens with zero attached hydrogens (tertiary/aromatic N) is 2. The first-order valence-electron chi connectivity index (χ1n) is 12.1. The van der Waals surface area contributed by atoms with Gasteiger partial charge < -0.3 is 14.6 Å². The second-order valence-corrected chi connectivity index (χ2v) is 9.60. The number of pyridine rings is 1. The summed E-state index contributed by atoms with van der Waals surface area (Å²) in [5, 5.41) is 0. The molecular formula is C26H33N3O3. The van der Waals surface area contributed by atoms with Gasteiger partial charge in [0.15, 0.2) is 0 Å². The predicted molar refractivity (Wildman–Crippen MR) is 124 cm³/mol. The van der Waals surface area contributed by atoms with E-state index in [1.165, 1.54) is 23.4 Å². The van der Waals surface area contributed by atoms with Crippen LogP contribution in [0, 0.1) is 5.92 Å². The smallest absolute Gasteiger partial charge is 0.255 e. The zero-order chi connectivity index (χ0) is 21.9. The Labute approximate surface area is 189 Å². The summed E-state index contributed by atoms with van der Waals surface area (Å²) in [6.07, 6.45) is 8.30. The largest absolute Gasteiger partial charge is 0.376 e. The van der Waals surface area contributed by atoms with E-state index in [1.807, 2.05) is 4.90 Å².